The number of amides is 1. The van der Waals surface area contributed by atoms with Crippen LogP contribution in [0.1, 0.15) is 15.9 Å². The lowest BCUT2D eigenvalue weighted by Gasteiger charge is -2.22. The van der Waals surface area contributed by atoms with Crippen molar-refractivity contribution in [2.24, 2.45) is 0 Å². The molecule has 0 aliphatic carbocycles. The van der Waals surface area contributed by atoms with Gasteiger partial charge < -0.3 is 4.90 Å². The maximum absolute atomic E-state index is 13.0. The minimum absolute atomic E-state index is 0.184. The predicted molar refractivity (Wildman–Crippen MR) is 122 cm³/mol. The van der Waals surface area contributed by atoms with Crippen molar-refractivity contribution < 1.29 is 13.2 Å². The lowest BCUT2D eigenvalue weighted by Crippen LogP contribution is -2.31. The standard InChI is InChI=1S/C24H24N2O3S/c1-4-18-26(22-8-6-5-7-9-22)24(27)20-12-14-21(15-13-20)25(3)30(28,29)23-16-10-19(2)11-17-23/h4-17H,1,18H2,2-3H3. The van der Waals surface area contributed by atoms with E-state index in [0.717, 1.165) is 11.3 Å². The molecular weight excluding hydrogens is 396 g/mol. The van der Waals surface area contributed by atoms with Crippen LogP contribution in [0.25, 0.3) is 0 Å². The van der Waals surface area contributed by atoms with Crippen molar-refractivity contribution in [3.63, 3.8) is 0 Å². The highest BCUT2D eigenvalue weighted by atomic mass is 32.2. The zero-order chi connectivity index (χ0) is 21.7. The van der Waals surface area contributed by atoms with Crippen molar-refractivity contribution in [2.75, 3.05) is 22.8 Å². The maximum Gasteiger partial charge on any atom is 0.264 e. The number of carbonyl (C=O) groups is 1. The van der Waals surface area contributed by atoms with E-state index in [0.29, 0.717) is 17.8 Å². The first-order valence-corrected chi connectivity index (χ1v) is 10.9. The summed E-state index contributed by atoms with van der Waals surface area (Å²) < 4.78 is 27.0. The highest BCUT2D eigenvalue weighted by Gasteiger charge is 2.22. The summed E-state index contributed by atoms with van der Waals surface area (Å²) in [5, 5.41) is 0. The Hall–Kier alpha value is -3.38. The second kappa shape index (κ2) is 8.97. The Balaban J connectivity index is 1.85. The number of anilines is 2. The fourth-order valence-electron chi connectivity index (χ4n) is 3.02. The third-order valence-corrected chi connectivity index (χ3v) is 6.58. The molecule has 0 bridgehead atoms. The molecule has 0 spiro atoms. The quantitative estimate of drug-likeness (QED) is 0.523. The highest BCUT2D eigenvalue weighted by molar-refractivity contribution is 7.92. The first-order valence-electron chi connectivity index (χ1n) is 9.48. The molecule has 3 rings (SSSR count). The topological polar surface area (TPSA) is 57.7 Å². The molecule has 6 heteroatoms. The molecule has 0 radical (unpaired) electrons. The summed E-state index contributed by atoms with van der Waals surface area (Å²) in [7, 11) is -2.19. The molecule has 3 aromatic carbocycles. The number of aryl methyl sites for hydroxylation is 1. The van der Waals surface area contributed by atoms with Crippen LogP contribution in [0.3, 0.4) is 0 Å². The molecule has 0 aliphatic heterocycles. The van der Waals surface area contributed by atoms with E-state index >= 15 is 0 Å². The molecule has 0 unspecified atom stereocenters. The molecule has 154 valence electrons. The van der Waals surface area contributed by atoms with Crippen molar-refractivity contribution in [1.29, 1.82) is 0 Å². The summed E-state index contributed by atoms with van der Waals surface area (Å²) in [4.78, 5) is 14.9. The number of sulfonamides is 1. The van der Waals surface area contributed by atoms with Crippen molar-refractivity contribution in [3.05, 3.63) is 103 Å². The number of hydrogen-bond donors (Lipinski definition) is 0. The summed E-state index contributed by atoms with van der Waals surface area (Å²) >= 11 is 0. The van der Waals surface area contributed by atoms with Gasteiger partial charge in [-0.2, -0.15) is 0 Å². The molecule has 1 amide bonds. The van der Waals surface area contributed by atoms with Gasteiger partial charge in [0.05, 0.1) is 10.6 Å². The van der Waals surface area contributed by atoms with Crippen LogP contribution >= 0.6 is 0 Å². The second-order valence-corrected chi connectivity index (χ2v) is 8.84. The SMILES string of the molecule is C=CCN(C(=O)c1ccc(N(C)S(=O)(=O)c2ccc(C)cc2)cc1)c1ccccc1. The Labute approximate surface area is 177 Å². The van der Waals surface area contributed by atoms with Crippen molar-refractivity contribution in [1.82, 2.24) is 0 Å². The largest absolute Gasteiger partial charge is 0.305 e. The summed E-state index contributed by atoms with van der Waals surface area (Å²) in [6.45, 7) is 6.00. The van der Waals surface area contributed by atoms with Gasteiger partial charge in [-0.25, -0.2) is 8.42 Å². The number of carbonyl (C=O) groups excluding carboxylic acids is 1. The van der Waals surface area contributed by atoms with Gasteiger partial charge >= 0.3 is 0 Å². The summed E-state index contributed by atoms with van der Waals surface area (Å²) in [6, 6.07) is 22.6. The van der Waals surface area contributed by atoms with Crippen LogP contribution in [-0.4, -0.2) is 27.9 Å². The molecule has 30 heavy (non-hydrogen) atoms. The number of rotatable bonds is 7. The van der Waals surface area contributed by atoms with Gasteiger partial charge in [0.15, 0.2) is 0 Å². The van der Waals surface area contributed by atoms with Crippen LogP contribution in [0.2, 0.25) is 0 Å². The van der Waals surface area contributed by atoms with Gasteiger partial charge in [0.25, 0.3) is 15.9 Å². The van der Waals surface area contributed by atoms with Crippen LogP contribution in [-0.2, 0) is 10.0 Å². The van der Waals surface area contributed by atoms with Crippen LogP contribution in [0.4, 0.5) is 11.4 Å². The molecule has 0 heterocycles. The van der Waals surface area contributed by atoms with Crippen LogP contribution in [0.5, 0.6) is 0 Å². The van der Waals surface area contributed by atoms with Gasteiger partial charge in [-0.05, 0) is 55.5 Å². The molecule has 0 aliphatic rings. The molecule has 0 aromatic heterocycles. The first-order chi connectivity index (χ1) is 14.3. The number of hydrogen-bond acceptors (Lipinski definition) is 3. The van der Waals surface area contributed by atoms with E-state index in [1.807, 2.05) is 37.3 Å². The Bertz CT molecular complexity index is 1120. The van der Waals surface area contributed by atoms with Crippen LogP contribution in [0, 0.1) is 6.92 Å². The molecule has 0 saturated carbocycles. The van der Waals surface area contributed by atoms with Gasteiger partial charge in [0.1, 0.15) is 0 Å². The molecule has 0 fully saturated rings. The minimum atomic E-state index is -3.69. The zero-order valence-electron chi connectivity index (χ0n) is 17.0. The average molecular weight is 421 g/mol. The zero-order valence-corrected chi connectivity index (χ0v) is 17.8. The van der Waals surface area contributed by atoms with Crippen molar-refractivity contribution in [2.45, 2.75) is 11.8 Å². The number of nitrogens with zero attached hydrogens (tertiary/aromatic N) is 2. The maximum atomic E-state index is 13.0. The van der Waals surface area contributed by atoms with E-state index in [-0.39, 0.29) is 10.8 Å². The smallest absolute Gasteiger partial charge is 0.264 e. The van der Waals surface area contributed by atoms with Crippen LogP contribution in [0.15, 0.2) is 96.4 Å². The molecule has 0 atom stereocenters. The fraction of sp³-hybridized carbons (Fsp3) is 0.125. The Morgan fingerprint density at radius 1 is 0.900 bits per heavy atom. The van der Waals surface area contributed by atoms with E-state index in [2.05, 4.69) is 6.58 Å². The Morgan fingerprint density at radius 3 is 2.07 bits per heavy atom. The lowest BCUT2D eigenvalue weighted by atomic mass is 10.1. The van der Waals surface area contributed by atoms with E-state index in [9.17, 15) is 13.2 Å². The molecule has 0 N–H and O–H groups in total. The average Bonchev–Trinajstić information content (AvgIpc) is 2.77. The van der Waals surface area contributed by atoms with Crippen LogP contribution < -0.4 is 9.21 Å². The molecule has 3 aromatic rings. The normalized spacial score (nSPS) is 11.0. The Morgan fingerprint density at radius 2 is 1.50 bits per heavy atom. The second-order valence-electron chi connectivity index (χ2n) is 6.87. The number of benzene rings is 3. The molecular formula is C24H24N2O3S. The van der Waals surface area contributed by atoms with Gasteiger partial charge in [-0.3, -0.25) is 9.10 Å². The van der Waals surface area contributed by atoms with E-state index in [1.165, 1.54) is 11.4 Å². The summed E-state index contributed by atoms with van der Waals surface area (Å²) in [6.07, 6.45) is 1.67. The highest BCUT2D eigenvalue weighted by Crippen LogP contribution is 2.24. The summed E-state index contributed by atoms with van der Waals surface area (Å²) in [5.41, 5.74) is 2.69. The van der Waals surface area contributed by atoms with Gasteiger partial charge in [0, 0.05) is 24.8 Å². The third-order valence-electron chi connectivity index (χ3n) is 4.78. The Kier molecular flexibility index (Phi) is 6.37. The lowest BCUT2D eigenvalue weighted by molar-refractivity contribution is 0.0989. The van der Waals surface area contributed by atoms with Gasteiger partial charge in [-0.1, -0.05) is 42.0 Å². The monoisotopic (exact) mass is 420 g/mol. The number of para-hydroxylation sites is 1. The fourth-order valence-corrected chi connectivity index (χ4v) is 4.22. The van der Waals surface area contributed by atoms with Gasteiger partial charge in [-0.15, -0.1) is 6.58 Å². The summed E-state index contributed by atoms with van der Waals surface area (Å²) in [5.74, 6) is -0.184. The molecule has 5 nitrogen and oxygen atoms in total. The van der Waals surface area contributed by atoms with Crippen molar-refractivity contribution >= 4 is 27.3 Å². The van der Waals surface area contributed by atoms with Gasteiger partial charge in [0.2, 0.25) is 0 Å². The van der Waals surface area contributed by atoms with E-state index < -0.39 is 10.0 Å². The first kappa shape index (κ1) is 21.3. The van der Waals surface area contributed by atoms with E-state index in [4.69, 9.17) is 0 Å². The predicted octanol–water partition coefficient (Wildman–Crippen LogP) is 4.65. The van der Waals surface area contributed by atoms with E-state index in [1.54, 1.807) is 59.5 Å². The third kappa shape index (κ3) is 4.44. The minimum Gasteiger partial charge on any atom is -0.305 e. The molecule has 0 saturated heterocycles. The van der Waals surface area contributed by atoms with Crippen molar-refractivity contribution in [3.8, 4) is 0 Å².